The number of aryl methyl sites for hydroxylation is 1. The molecule has 0 saturated carbocycles. The third-order valence-electron chi connectivity index (χ3n) is 3.77. The van der Waals surface area contributed by atoms with Crippen LogP contribution < -0.4 is 15.8 Å². The summed E-state index contributed by atoms with van der Waals surface area (Å²) in [5, 5.41) is 3.98. The van der Waals surface area contributed by atoms with Crippen LogP contribution in [0.3, 0.4) is 0 Å². The Balaban J connectivity index is 0.00000192. The van der Waals surface area contributed by atoms with E-state index in [1.807, 2.05) is 42.1 Å². The highest BCUT2D eigenvalue weighted by molar-refractivity contribution is 14.0. The van der Waals surface area contributed by atoms with Crippen LogP contribution in [0.1, 0.15) is 23.7 Å². The summed E-state index contributed by atoms with van der Waals surface area (Å²) < 4.78 is 7.59. The molecule has 1 aromatic heterocycles. The molecule has 2 heterocycles. The van der Waals surface area contributed by atoms with Gasteiger partial charge < -0.3 is 20.4 Å². The van der Waals surface area contributed by atoms with Crippen molar-refractivity contribution in [3.8, 4) is 5.75 Å². The standard InChI is InChI=1S/C16H19ClN4O.HI/c1-21-10-11(17)8-12(21)9-19-16(18)20-14-6-7-22-15-5-3-2-4-13(14)15;/h2-5,8,10,14H,6-7,9H2,1H3,(H3,18,19,20);1H. The molecule has 3 rings (SSSR count). The van der Waals surface area contributed by atoms with Gasteiger partial charge in [0, 0.05) is 30.9 Å². The van der Waals surface area contributed by atoms with Crippen LogP contribution in [0.2, 0.25) is 5.02 Å². The van der Waals surface area contributed by atoms with Gasteiger partial charge in [0.1, 0.15) is 5.75 Å². The predicted octanol–water partition coefficient (Wildman–Crippen LogP) is 3.22. The number of benzene rings is 1. The summed E-state index contributed by atoms with van der Waals surface area (Å²) >= 11 is 5.96. The van der Waals surface area contributed by atoms with Gasteiger partial charge in [-0.2, -0.15) is 0 Å². The molecule has 5 nitrogen and oxygen atoms in total. The van der Waals surface area contributed by atoms with Crippen molar-refractivity contribution < 1.29 is 4.74 Å². The van der Waals surface area contributed by atoms with E-state index in [1.165, 1.54) is 0 Å². The quantitative estimate of drug-likeness (QED) is 0.432. The van der Waals surface area contributed by atoms with Gasteiger partial charge in [-0.1, -0.05) is 29.8 Å². The normalized spacial score (nSPS) is 17.0. The number of aromatic nitrogens is 1. The number of para-hydroxylation sites is 1. The summed E-state index contributed by atoms with van der Waals surface area (Å²) in [7, 11) is 1.94. The molecule has 0 amide bonds. The summed E-state index contributed by atoms with van der Waals surface area (Å²) in [5.41, 5.74) is 8.16. The Hall–Kier alpha value is -1.41. The zero-order valence-corrected chi connectivity index (χ0v) is 15.9. The maximum atomic E-state index is 6.02. The number of aliphatic imine (C=N–C) groups is 1. The zero-order chi connectivity index (χ0) is 15.5. The number of nitrogens with zero attached hydrogens (tertiary/aromatic N) is 2. The summed E-state index contributed by atoms with van der Waals surface area (Å²) in [6, 6.07) is 10.0. The van der Waals surface area contributed by atoms with Crippen LogP contribution in [0.25, 0.3) is 0 Å². The monoisotopic (exact) mass is 446 g/mol. The maximum absolute atomic E-state index is 6.02. The van der Waals surface area contributed by atoms with Crippen molar-refractivity contribution in [3.63, 3.8) is 0 Å². The van der Waals surface area contributed by atoms with E-state index in [0.29, 0.717) is 24.1 Å². The fourth-order valence-electron chi connectivity index (χ4n) is 2.61. The van der Waals surface area contributed by atoms with E-state index in [0.717, 1.165) is 23.4 Å². The zero-order valence-electron chi connectivity index (χ0n) is 12.8. The van der Waals surface area contributed by atoms with Crippen LogP contribution in [-0.2, 0) is 13.6 Å². The van der Waals surface area contributed by atoms with Gasteiger partial charge in [0.15, 0.2) is 5.96 Å². The van der Waals surface area contributed by atoms with Gasteiger partial charge in [-0.15, -0.1) is 24.0 Å². The van der Waals surface area contributed by atoms with Crippen LogP contribution in [0.15, 0.2) is 41.5 Å². The number of rotatable bonds is 3. The van der Waals surface area contributed by atoms with E-state index in [9.17, 15) is 0 Å². The fraction of sp³-hybridized carbons (Fsp3) is 0.312. The Kier molecular flexibility index (Phi) is 6.17. The van der Waals surface area contributed by atoms with Gasteiger partial charge in [-0.25, -0.2) is 4.99 Å². The summed E-state index contributed by atoms with van der Waals surface area (Å²) in [5.74, 6) is 1.34. The van der Waals surface area contributed by atoms with Crippen molar-refractivity contribution in [2.75, 3.05) is 6.61 Å². The molecule has 2 aromatic rings. The Labute approximate surface area is 157 Å². The van der Waals surface area contributed by atoms with Crippen molar-refractivity contribution in [2.45, 2.75) is 19.0 Å². The molecule has 124 valence electrons. The summed E-state index contributed by atoms with van der Waals surface area (Å²) in [4.78, 5) is 4.40. The van der Waals surface area contributed by atoms with Crippen LogP contribution in [0.5, 0.6) is 5.75 Å². The molecule has 0 saturated heterocycles. The second-order valence-corrected chi connectivity index (χ2v) is 5.77. The van der Waals surface area contributed by atoms with Crippen molar-refractivity contribution in [1.82, 2.24) is 9.88 Å². The van der Waals surface area contributed by atoms with E-state index >= 15 is 0 Å². The lowest BCUT2D eigenvalue weighted by atomic mass is 10.0. The molecule has 0 fully saturated rings. The van der Waals surface area contributed by atoms with Gasteiger partial charge in [-0.05, 0) is 12.1 Å². The minimum atomic E-state index is 0. The largest absolute Gasteiger partial charge is 0.493 e. The Morgan fingerprint density at radius 2 is 2.26 bits per heavy atom. The second-order valence-electron chi connectivity index (χ2n) is 5.33. The first-order chi connectivity index (χ1) is 10.6. The minimum absolute atomic E-state index is 0. The van der Waals surface area contributed by atoms with Crippen LogP contribution in [0, 0.1) is 0 Å². The van der Waals surface area contributed by atoms with Crippen LogP contribution in [-0.4, -0.2) is 17.1 Å². The third-order valence-corrected chi connectivity index (χ3v) is 3.97. The number of nitrogens with two attached hydrogens (primary N) is 1. The smallest absolute Gasteiger partial charge is 0.189 e. The average molecular weight is 447 g/mol. The van der Waals surface area contributed by atoms with E-state index in [2.05, 4.69) is 16.4 Å². The van der Waals surface area contributed by atoms with E-state index in [-0.39, 0.29) is 30.0 Å². The summed E-state index contributed by atoms with van der Waals surface area (Å²) in [6.07, 6.45) is 2.72. The number of hydrogen-bond acceptors (Lipinski definition) is 2. The molecule has 3 N–H and O–H groups in total. The van der Waals surface area contributed by atoms with Crippen molar-refractivity contribution in [2.24, 2.45) is 17.8 Å². The van der Waals surface area contributed by atoms with Crippen LogP contribution in [0.4, 0.5) is 0 Å². The first kappa shape index (κ1) is 17.9. The number of fused-ring (bicyclic) bond motifs is 1. The lowest BCUT2D eigenvalue weighted by Crippen LogP contribution is -2.37. The molecule has 1 atom stereocenters. The number of guanidine groups is 1. The molecular formula is C16H20ClIN4O. The fourth-order valence-corrected chi connectivity index (χ4v) is 2.88. The Morgan fingerprint density at radius 3 is 3.00 bits per heavy atom. The van der Waals surface area contributed by atoms with Gasteiger partial charge in [0.2, 0.25) is 0 Å². The molecule has 1 unspecified atom stereocenters. The highest BCUT2D eigenvalue weighted by Crippen LogP contribution is 2.31. The SMILES string of the molecule is Cn1cc(Cl)cc1CN=C(N)NC1CCOc2ccccc21.I. The first-order valence-electron chi connectivity index (χ1n) is 7.22. The molecular weight excluding hydrogens is 427 g/mol. The maximum Gasteiger partial charge on any atom is 0.189 e. The lowest BCUT2D eigenvalue weighted by Gasteiger charge is -2.26. The molecule has 0 bridgehead atoms. The molecule has 0 spiro atoms. The summed E-state index contributed by atoms with van der Waals surface area (Å²) in [6.45, 7) is 1.17. The first-order valence-corrected chi connectivity index (χ1v) is 7.60. The average Bonchev–Trinajstić information content (AvgIpc) is 2.83. The van der Waals surface area contributed by atoms with Gasteiger partial charge in [0.25, 0.3) is 0 Å². The third kappa shape index (κ3) is 4.32. The van der Waals surface area contributed by atoms with E-state index in [4.69, 9.17) is 22.1 Å². The Morgan fingerprint density at radius 1 is 1.48 bits per heavy atom. The van der Waals surface area contributed by atoms with Crippen molar-refractivity contribution >= 4 is 41.5 Å². The topological polar surface area (TPSA) is 64.6 Å². The van der Waals surface area contributed by atoms with E-state index < -0.39 is 0 Å². The molecule has 0 radical (unpaired) electrons. The highest BCUT2D eigenvalue weighted by Gasteiger charge is 2.21. The van der Waals surface area contributed by atoms with Gasteiger partial charge >= 0.3 is 0 Å². The van der Waals surface area contributed by atoms with Gasteiger partial charge in [-0.3, -0.25) is 0 Å². The molecule has 0 aliphatic carbocycles. The molecule has 7 heteroatoms. The van der Waals surface area contributed by atoms with Crippen molar-refractivity contribution in [3.05, 3.63) is 52.8 Å². The second kappa shape index (κ2) is 7.92. The predicted molar refractivity (Wildman–Crippen MR) is 104 cm³/mol. The minimum Gasteiger partial charge on any atom is -0.493 e. The highest BCUT2D eigenvalue weighted by atomic mass is 127. The van der Waals surface area contributed by atoms with E-state index in [1.54, 1.807) is 0 Å². The number of hydrogen-bond donors (Lipinski definition) is 2. The van der Waals surface area contributed by atoms with Gasteiger partial charge in [0.05, 0.1) is 24.2 Å². The Bertz CT molecular complexity index is 701. The van der Waals surface area contributed by atoms with Crippen LogP contribution >= 0.6 is 35.6 Å². The number of ether oxygens (including phenoxy) is 1. The number of halogens is 2. The molecule has 23 heavy (non-hydrogen) atoms. The molecule has 1 aromatic carbocycles. The molecule has 1 aliphatic heterocycles. The van der Waals surface area contributed by atoms with Crippen molar-refractivity contribution in [1.29, 1.82) is 0 Å². The number of nitrogens with one attached hydrogen (secondary N) is 1. The lowest BCUT2D eigenvalue weighted by molar-refractivity contribution is 0.262. The molecule has 1 aliphatic rings.